The monoisotopic (exact) mass is 362 g/mol. The second-order valence-electron chi connectivity index (χ2n) is 6.44. The lowest BCUT2D eigenvalue weighted by atomic mass is 10.1. The first-order chi connectivity index (χ1) is 13.2. The van der Waals surface area contributed by atoms with Crippen LogP contribution < -0.4 is 5.32 Å². The van der Waals surface area contributed by atoms with E-state index in [-0.39, 0.29) is 11.9 Å². The first-order valence-electron chi connectivity index (χ1n) is 9.23. The fourth-order valence-corrected chi connectivity index (χ4v) is 3.48. The lowest BCUT2D eigenvalue weighted by molar-refractivity contribution is -0.124. The Morgan fingerprint density at radius 3 is 2.89 bits per heavy atom. The number of hydrogen-bond donors (Lipinski definition) is 1. The van der Waals surface area contributed by atoms with E-state index >= 15 is 0 Å². The van der Waals surface area contributed by atoms with Crippen molar-refractivity contribution in [2.75, 3.05) is 0 Å². The van der Waals surface area contributed by atoms with Crippen LogP contribution in [0.4, 0.5) is 0 Å². The Balaban J connectivity index is 1.60. The minimum absolute atomic E-state index is 0.0226. The molecule has 1 amide bonds. The molecule has 7 nitrogen and oxygen atoms in total. The van der Waals surface area contributed by atoms with Crippen LogP contribution in [0.1, 0.15) is 37.7 Å². The zero-order valence-electron chi connectivity index (χ0n) is 15.5. The molecule has 0 saturated carbocycles. The van der Waals surface area contributed by atoms with E-state index in [9.17, 15) is 4.79 Å². The average molecular weight is 362 g/mol. The normalized spacial score (nSPS) is 12.5. The van der Waals surface area contributed by atoms with Crippen LogP contribution in [-0.2, 0) is 17.8 Å². The van der Waals surface area contributed by atoms with Gasteiger partial charge in [-0.3, -0.25) is 4.79 Å². The summed E-state index contributed by atoms with van der Waals surface area (Å²) in [4.78, 5) is 22.0. The van der Waals surface area contributed by atoms with Crippen LogP contribution in [0, 0.1) is 0 Å². The summed E-state index contributed by atoms with van der Waals surface area (Å²) in [6, 6.07) is 9.48. The second kappa shape index (κ2) is 7.19. The van der Waals surface area contributed by atoms with E-state index in [1.54, 1.807) is 16.9 Å². The fourth-order valence-electron chi connectivity index (χ4n) is 3.48. The van der Waals surface area contributed by atoms with Crippen molar-refractivity contribution in [2.45, 2.75) is 39.3 Å². The lowest BCUT2D eigenvalue weighted by Gasteiger charge is -2.19. The summed E-state index contributed by atoms with van der Waals surface area (Å²) in [5, 5.41) is 7.32. The molecule has 4 aromatic rings. The summed E-state index contributed by atoms with van der Waals surface area (Å²) >= 11 is 0. The summed E-state index contributed by atoms with van der Waals surface area (Å²) < 4.78 is 3.77. The Bertz CT molecular complexity index is 1100. The first kappa shape index (κ1) is 17.2. The highest BCUT2D eigenvalue weighted by Gasteiger charge is 2.23. The number of nitrogens with one attached hydrogen (secondary N) is 1. The van der Waals surface area contributed by atoms with E-state index in [1.807, 2.05) is 43.5 Å². The van der Waals surface area contributed by atoms with Crippen LogP contribution in [0.2, 0.25) is 0 Å². The van der Waals surface area contributed by atoms with Gasteiger partial charge >= 0.3 is 0 Å². The number of benzene rings is 1. The third-order valence-corrected chi connectivity index (χ3v) is 4.79. The van der Waals surface area contributed by atoms with Crippen molar-refractivity contribution in [3.8, 4) is 0 Å². The number of aromatic nitrogens is 5. The van der Waals surface area contributed by atoms with Gasteiger partial charge in [-0.15, -0.1) is 0 Å². The van der Waals surface area contributed by atoms with Gasteiger partial charge in [0.1, 0.15) is 11.9 Å². The number of nitrogens with zero attached hydrogens (tertiary/aromatic N) is 5. The highest BCUT2D eigenvalue weighted by atomic mass is 16.2. The summed E-state index contributed by atoms with van der Waals surface area (Å²) in [7, 11) is 0. The Kier molecular flexibility index (Phi) is 4.58. The lowest BCUT2D eigenvalue weighted by Crippen LogP contribution is -2.32. The van der Waals surface area contributed by atoms with E-state index in [0.717, 1.165) is 34.5 Å². The van der Waals surface area contributed by atoms with Gasteiger partial charge in [-0.25, -0.2) is 14.5 Å². The molecule has 1 atom stereocenters. The van der Waals surface area contributed by atoms with Crippen LogP contribution in [0.15, 0.2) is 48.9 Å². The average Bonchev–Trinajstić information content (AvgIpc) is 3.28. The molecule has 7 heteroatoms. The van der Waals surface area contributed by atoms with Gasteiger partial charge < -0.3 is 9.88 Å². The SMILES string of the molecule is CCc1nc2ccccc2n1[C@@H](CC)C(=O)NCc1cnn2cccnc12. The minimum atomic E-state index is -0.304. The van der Waals surface area contributed by atoms with E-state index in [0.29, 0.717) is 13.0 Å². The Labute approximate surface area is 157 Å². The van der Waals surface area contributed by atoms with Gasteiger partial charge in [0.2, 0.25) is 5.91 Å². The molecule has 0 spiro atoms. The standard InChI is InChI=1S/C20H22N6O/c1-3-16(26-17-9-6-5-8-15(17)24-18(26)4-2)20(27)22-12-14-13-23-25-11-7-10-21-19(14)25/h5-11,13,16H,3-4,12H2,1-2H3,(H,22,27)/t16-/m0/s1. The van der Waals surface area contributed by atoms with Gasteiger partial charge in [-0.05, 0) is 24.6 Å². The molecule has 0 saturated heterocycles. The van der Waals surface area contributed by atoms with Crippen LogP contribution in [0.5, 0.6) is 0 Å². The molecule has 4 rings (SSSR count). The Morgan fingerprint density at radius 2 is 2.07 bits per heavy atom. The second-order valence-corrected chi connectivity index (χ2v) is 6.44. The van der Waals surface area contributed by atoms with Crippen LogP contribution in [-0.4, -0.2) is 30.1 Å². The predicted octanol–water partition coefficient (Wildman–Crippen LogP) is 2.91. The number of fused-ring (bicyclic) bond motifs is 2. The van der Waals surface area contributed by atoms with E-state index < -0.39 is 0 Å². The molecule has 0 aliphatic heterocycles. The molecule has 0 aliphatic rings. The maximum atomic E-state index is 13.0. The summed E-state index contributed by atoms with van der Waals surface area (Å²) in [5.41, 5.74) is 3.57. The van der Waals surface area contributed by atoms with Crippen molar-refractivity contribution in [3.05, 3.63) is 60.3 Å². The van der Waals surface area contributed by atoms with Crippen molar-refractivity contribution in [3.63, 3.8) is 0 Å². The third kappa shape index (κ3) is 3.05. The molecule has 1 N–H and O–H groups in total. The van der Waals surface area contributed by atoms with E-state index in [4.69, 9.17) is 4.98 Å². The van der Waals surface area contributed by atoms with Crippen molar-refractivity contribution >= 4 is 22.6 Å². The number of rotatable bonds is 6. The van der Waals surface area contributed by atoms with Crippen molar-refractivity contribution in [1.82, 2.24) is 29.5 Å². The van der Waals surface area contributed by atoms with Gasteiger partial charge in [0.05, 0.1) is 17.2 Å². The first-order valence-corrected chi connectivity index (χ1v) is 9.23. The van der Waals surface area contributed by atoms with Gasteiger partial charge in [0.15, 0.2) is 5.65 Å². The molecule has 0 unspecified atom stereocenters. The molecule has 1 aromatic carbocycles. The topological polar surface area (TPSA) is 77.1 Å². The number of para-hydroxylation sites is 2. The van der Waals surface area contributed by atoms with Crippen molar-refractivity contribution in [2.24, 2.45) is 0 Å². The van der Waals surface area contributed by atoms with Crippen LogP contribution in [0.3, 0.4) is 0 Å². The van der Waals surface area contributed by atoms with Gasteiger partial charge in [-0.1, -0.05) is 26.0 Å². The number of amides is 1. The molecule has 138 valence electrons. The highest BCUT2D eigenvalue weighted by molar-refractivity contribution is 5.84. The molecular weight excluding hydrogens is 340 g/mol. The molecular formula is C20H22N6O. The summed E-state index contributed by atoms with van der Waals surface area (Å²) in [6.07, 6.45) is 6.77. The number of carbonyl (C=O) groups is 1. The predicted molar refractivity (Wildman–Crippen MR) is 103 cm³/mol. The van der Waals surface area contributed by atoms with Crippen molar-refractivity contribution < 1.29 is 4.79 Å². The Morgan fingerprint density at radius 1 is 1.22 bits per heavy atom. The summed E-state index contributed by atoms with van der Waals surface area (Å²) in [5.74, 6) is 0.904. The molecule has 3 aromatic heterocycles. The van der Waals surface area contributed by atoms with E-state index in [2.05, 4.69) is 26.9 Å². The third-order valence-electron chi connectivity index (χ3n) is 4.79. The maximum absolute atomic E-state index is 13.0. The smallest absolute Gasteiger partial charge is 0.243 e. The van der Waals surface area contributed by atoms with E-state index in [1.165, 1.54) is 0 Å². The van der Waals surface area contributed by atoms with Crippen molar-refractivity contribution in [1.29, 1.82) is 0 Å². The Hall–Kier alpha value is -3.22. The quantitative estimate of drug-likeness (QED) is 0.572. The number of aryl methyl sites for hydroxylation is 1. The number of imidazole rings is 1. The molecule has 27 heavy (non-hydrogen) atoms. The zero-order valence-corrected chi connectivity index (χ0v) is 15.5. The molecule has 0 radical (unpaired) electrons. The molecule has 0 aliphatic carbocycles. The minimum Gasteiger partial charge on any atom is -0.350 e. The van der Waals surface area contributed by atoms with Crippen LogP contribution in [0.25, 0.3) is 16.7 Å². The molecule has 0 bridgehead atoms. The number of hydrogen-bond acceptors (Lipinski definition) is 4. The van der Waals surface area contributed by atoms with Gasteiger partial charge in [0, 0.05) is 30.9 Å². The maximum Gasteiger partial charge on any atom is 0.243 e. The van der Waals surface area contributed by atoms with Gasteiger partial charge in [0.25, 0.3) is 0 Å². The molecule has 3 heterocycles. The zero-order chi connectivity index (χ0) is 18.8. The summed E-state index contributed by atoms with van der Waals surface area (Å²) in [6.45, 7) is 4.48. The highest BCUT2D eigenvalue weighted by Crippen LogP contribution is 2.24. The number of carbonyl (C=O) groups excluding carboxylic acids is 1. The fraction of sp³-hybridized carbons (Fsp3) is 0.300. The van der Waals surface area contributed by atoms with Gasteiger partial charge in [-0.2, -0.15) is 5.10 Å². The molecule has 0 fully saturated rings. The van der Waals surface area contributed by atoms with Crippen LogP contribution >= 0.6 is 0 Å². The largest absolute Gasteiger partial charge is 0.350 e.